The summed E-state index contributed by atoms with van der Waals surface area (Å²) < 4.78 is 2.62. The van der Waals surface area contributed by atoms with Gasteiger partial charge in [-0.25, -0.2) is 0 Å². The molecule has 0 spiro atoms. The topological polar surface area (TPSA) is 0 Å². The second-order valence-corrected chi connectivity index (χ2v) is 5.82. The molecule has 0 saturated heterocycles. The maximum Gasteiger partial charge on any atom is 0.0270 e. The van der Waals surface area contributed by atoms with Crippen molar-refractivity contribution in [3.8, 4) is 11.1 Å². The molecule has 0 aliphatic heterocycles. The molecule has 0 nitrogen and oxygen atoms in total. The lowest BCUT2D eigenvalue weighted by atomic mass is 10.0. The molecule has 0 atom stereocenters. The molecule has 15 heavy (non-hydrogen) atoms. The van der Waals surface area contributed by atoms with Crippen molar-refractivity contribution in [2.45, 2.75) is 6.92 Å². The van der Waals surface area contributed by atoms with Gasteiger partial charge in [0, 0.05) is 7.14 Å². The first-order valence-corrected chi connectivity index (χ1v) is 6.84. The van der Waals surface area contributed by atoms with Gasteiger partial charge in [-0.05, 0) is 75.4 Å². The lowest BCUT2D eigenvalue weighted by molar-refractivity contribution is 1.46. The van der Waals surface area contributed by atoms with E-state index in [0.717, 1.165) is 0 Å². The fourth-order valence-electron chi connectivity index (χ4n) is 1.42. The van der Waals surface area contributed by atoms with Gasteiger partial charge in [0.2, 0.25) is 0 Å². The van der Waals surface area contributed by atoms with E-state index >= 15 is 0 Å². The summed E-state index contributed by atoms with van der Waals surface area (Å²) in [7, 11) is 0. The molecule has 0 fully saturated rings. The Balaban J connectivity index is 2.45. The Morgan fingerprint density at radius 2 is 1.33 bits per heavy atom. The molecule has 0 radical (unpaired) electrons. The fraction of sp³-hybridized carbons (Fsp3) is 0.0769. The van der Waals surface area contributed by atoms with Crippen molar-refractivity contribution in [1.82, 2.24) is 0 Å². The molecule has 0 aliphatic rings. The van der Waals surface area contributed by atoms with Crippen LogP contribution in [0.5, 0.6) is 0 Å². The molecule has 0 aliphatic carbocycles. The van der Waals surface area contributed by atoms with Crippen LogP contribution in [0.1, 0.15) is 5.56 Å². The Kier molecular flexibility index (Phi) is 3.66. The van der Waals surface area contributed by atoms with E-state index < -0.39 is 0 Å². The average molecular weight is 420 g/mol. The van der Waals surface area contributed by atoms with Gasteiger partial charge in [0.15, 0.2) is 0 Å². The van der Waals surface area contributed by atoms with Crippen molar-refractivity contribution in [2.24, 2.45) is 0 Å². The predicted octanol–water partition coefficient (Wildman–Crippen LogP) is 4.87. The first-order valence-electron chi connectivity index (χ1n) is 4.69. The summed E-state index contributed by atoms with van der Waals surface area (Å²) in [6.07, 6.45) is 0. The van der Waals surface area contributed by atoms with Gasteiger partial charge in [0.25, 0.3) is 0 Å². The van der Waals surface area contributed by atoms with Crippen LogP contribution in [-0.2, 0) is 0 Å². The van der Waals surface area contributed by atoms with Crippen molar-refractivity contribution >= 4 is 45.2 Å². The van der Waals surface area contributed by atoms with Gasteiger partial charge < -0.3 is 0 Å². The summed E-state index contributed by atoms with van der Waals surface area (Å²) in [4.78, 5) is 0. The minimum absolute atomic E-state index is 1.29. The van der Waals surface area contributed by atoms with Crippen LogP contribution < -0.4 is 0 Å². The highest BCUT2D eigenvalue weighted by Gasteiger charge is 2.00. The van der Waals surface area contributed by atoms with Gasteiger partial charge in [0.1, 0.15) is 0 Å². The second kappa shape index (κ2) is 4.82. The minimum atomic E-state index is 1.29. The van der Waals surface area contributed by atoms with E-state index in [1.165, 1.54) is 23.8 Å². The molecule has 2 heteroatoms. The zero-order valence-corrected chi connectivity index (χ0v) is 12.6. The number of rotatable bonds is 1. The quantitative estimate of drug-likeness (QED) is 0.578. The average Bonchev–Trinajstić information content (AvgIpc) is 2.23. The van der Waals surface area contributed by atoms with E-state index in [4.69, 9.17) is 0 Å². The zero-order valence-electron chi connectivity index (χ0n) is 8.30. The molecule has 76 valence electrons. The normalized spacial score (nSPS) is 10.3. The van der Waals surface area contributed by atoms with Gasteiger partial charge in [-0.1, -0.05) is 35.9 Å². The highest BCUT2D eigenvalue weighted by molar-refractivity contribution is 14.1. The minimum Gasteiger partial charge on any atom is -0.0587 e. The molecule has 0 heterocycles. The van der Waals surface area contributed by atoms with E-state index in [9.17, 15) is 0 Å². The van der Waals surface area contributed by atoms with Gasteiger partial charge in [0.05, 0.1) is 0 Å². The Labute approximate surface area is 117 Å². The fourth-order valence-corrected chi connectivity index (χ4v) is 2.27. The maximum atomic E-state index is 2.38. The van der Waals surface area contributed by atoms with Gasteiger partial charge in [-0.15, -0.1) is 0 Å². The van der Waals surface area contributed by atoms with Crippen LogP contribution >= 0.6 is 45.2 Å². The van der Waals surface area contributed by atoms with Crippen LogP contribution in [-0.4, -0.2) is 0 Å². The smallest absolute Gasteiger partial charge is 0.0270 e. The number of halogens is 2. The Bertz CT molecular complexity index is 472. The number of hydrogen-bond acceptors (Lipinski definition) is 0. The van der Waals surface area contributed by atoms with E-state index in [1.54, 1.807) is 0 Å². The Morgan fingerprint density at radius 3 is 1.93 bits per heavy atom. The van der Waals surface area contributed by atoms with Crippen molar-refractivity contribution in [3.05, 3.63) is 55.2 Å². The molecule has 0 N–H and O–H groups in total. The van der Waals surface area contributed by atoms with E-state index in [2.05, 4.69) is 94.6 Å². The lowest BCUT2D eigenvalue weighted by Gasteiger charge is -2.04. The molecule has 0 bridgehead atoms. The first-order chi connectivity index (χ1) is 7.16. The largest absolute Gasteiger partial charge is 0.0587 e. The third kappa shape index (κ3) is 2.72. The molecule has 0 aromatic heterocycles. The summed E-state index contributed by atoms with van der Waals surface area (Å²) in [6.45, 7) is 2.11. The molecular weight excluding hydrogens is 410 g/mol. The molecule has 2 rings (SSSR count). The SMILES string of the molecule is Cc1ccc(-c2ccc(I)c(I)c2)cc1. The second-order valence-electron chi connectivity index (χ2n) is 3.49. The Morgan fingerprint density at radius 1 is 0.733 bits per heavy atom. The number of hydrogen-bond donors (Lipinski definition) is 0. The number of benzene rings is 2. The maximum absolute atomic E-state index is 2.38. The molecule has 0 amide bonds. The van der Waals surface area contributed by atoms with Crippen LogP contribution in [0.2, 0.25) is 0 Å². The van der Waals surface area contributed by atoms with Gasteiger partial charge >= 0.3 is 0 Å². The highest BCUT2D eigenvalue weighted by atomic mass is 127. The van der Waals surface area contributed by atoms with Crippen molar-refractivity contribution < 1.29 is 0 Å². The third-order valence-corrected chi connectivity index (χ3v) is 5.17. The summed E-state index contributed by atoms with van der Waals surface area (Å²) in [6, 6.07) is 15.2. The van der Waals surface area contributed by atoms with Crippen LogP contribution in [0.15, 0.2) is 42.5 Å². The summed E-state index contributed by atoms with van der Waals surface area (Å²) in [5.41, 5.74) is 3.88. The van der Waals surface area contributed by atoms with E-state index in [0.29, 0.717) is 0 Å². The lowest BCUT2D eigenvalue weighted by Crippen LogP contribution is -1.83. The predicted molar refractivity (Wildman–Crippen MR) is 82.0 cm³/mol. The van der Waals surface area contributed by atoms with Crippen molar-refractivity contribution in [2.75, 3.05) is 0 Å². The standard InChI is InChI=1S/C13H10I2/c1-9-2-4-10(5-3-9)11-6-7-12(14)13(15)8-11/h2-8H,1H3. The van der Waals surface area contributed by atoms with Gasteiger partial charge in [-0.2, -0.15) is 0 Å². The zero-order chi connectivity index (χ0) is 10.8. The molecule has 0 unspecified atom stereocenters. The third-order valence-electron chi connectivity index (χ3n) is 2.30. The van der Waals surface area contributed by atoms with Crippen LogP contribution in [0.3, 0.4) is 0 Å². The summed E-state index contributed by atoms with van der Waals surface area (Å²) >= 11 is 4.73. The van der Waals surface area contributed by atoms with E-state index in [-0.39, 0.29) is 0 Å². The van der Waals surface area contributed by atoms with Crippen molar-refractivity contribution in [3.63, 3.8) is 0 Å². The van der Waals surface area contributed by atoms with Crippen LogP contribution in [0.25, 0.3) is 11.1 Å². The molecule has 0 saturated carbocycles. The Hall–Kier alpha value is -0.100. The summed E-state index contributed by atoms with van der Waals surface area (Å²) in [5.74, 6) is 0. The van der Waals surface area contributed by atoms with Gasteiger partial charge in [-0.3, -0.25) is 0 Å². The molecule has 2 aromatic rings. The van der Waals surface area contributed by atoms with E-state index in [1.807, 2.05) is 0 Å². The highest BCUT2D eigenvalue weighted by Crippen LogP contribution is 2.24. The first kappa shape index (κ1) is 11.4. The van der Waals surface area contributed by atoms with Crippen LogP contribution in [0.4, 0.5) is 0 Å². The van der Waals surface area contributed by atoms with Crippen molar-refractivity contribution in [1.29, 1.82) is 0 Å². The van der Waals surface area contributed by atoms with Crippen LogP contribution in [0, 0.1) is 14.1 Å². The number of aryl methyl sites for hydroxylation is 1. The molecule has 2 aromatic carbocycles. The monoisotopic (exact) mass is 420 g/mol. The summed E-state index contributed by atoms with van der Waals surface area (Å²) in [5, 5.41) is 0. The molecular formula is C13H10I2.